The Bertz CT molecular complexity index is 348. The quantitative estimate of drug-likeness (QED) is 0.443. The van der Waals surface area contributed by atoms with Crippen molar-refractivity contribution < 1.29 is 14.7 Å². The number of ketones is 1. The summed E-state index contributed by atoms with van der Waals surface area (Å²) in [4.78, 5) is 19.8. The summed E-state index contributed by atoms with van der Waals surface area (Å²) >= 11 is 0. The number of phenols is 1. The Labute approximate surface area is 88.9 Å². The first-order valence-corrected chi connectivity index (χ1v) is 4.48. The molecule has 0 heterocycles. The molecule has 0 aromatic heterocycles. The van der Waals surface area contributed by atoms with Gasteiger partial charge in [-0.1, -0.05) is 0 Å². The molecule has 0 saturated heterocycles. The molecule has 0 spiro atoms. The molecule has 0 amide bonds. The minimum absolute atomic E-state index is 0.0292. The van der Waals surface area contributed by atoms with Gasteiger partial charge < -0.3 is 15.2 Å². The summed E-state index contributed by atoms with van der Waals surface area (Å²) in [6, 6.07) is 4.84. The Morgan fingerprint density at radius 1 is 1.47 bits per heavy atom. The van der Waals surface area contributed by atoms with Gasteiger partial charge in [-0.05, 0) is 32.0 Å². The lowest BCUT2D eigenvalue weighted by Gasteiger charge is -2.03. The number of hydrogen-bond donors (Lipinski definition) is 2. The molecule has 0 bridgehead atoms. The van der Waals surface area contributed by atoms with Gasteiger partial charge in [0.25, 0.3) is 0 Å². The van der Waals surface area contributed by atoms with Gasteiger partial charge in [-0.25, -0.2) is 0 Å². The fourth-order valence-electron chi connectivity index (χ4n) is 0.974. The van der Waals surface area contributed by atoms with E-state index in [4.69, 9.17) is 4.79 Å². The number of anilines is 1. The number of Topliss-reactive ketones (excluding diaryl/α,β-unsaturated/α-hetero) is 1. The van der Waals surface area contributed by atoms with Crippen molar-refractivity contribution in [1.82, 2.24) is 0 Å². The zero-order valence-electron chi connectivity index (χ0n) is 9.07. The fraction of sp³-hybridized carbons (Fsp3) is 0.273. The van der Waals surface area contributed by atoms with Crippen LogP contribution in [0.4, 0.5) is 5.69 Å². The maximum Gasteiger partial charge on any atom is 0.163 e. The molecule has 0 unspecified atom stereocenters. The van der Waals surface area contributed by atoms with Crippen LogP contribution < -0.4 is 5.32 Å². The minimum Gasteiger partial charge on any atom is -0.507 e. The second-order valence-corrected chi connectivity index (χ2v) is 2.77. The van der Waals surface area contributed by atoms with Crippen molar-refractivity contribution in [3.63, 3.8) is 0 Å². The number of hydrogen-bond acceptors (Lipinski definition) is 4. The zero-order valence-corrected chi connectivity index (χ0v) is 9.07. The number of rotatable bonds is 2. The summed E-state index contributed by atoms with van der Waals surface area (Å²) in [5.74, 6) is -0.105. The van der Waals surface area contributed by atoms with Crippen molar-refractivity contribution in [2.75, 3.05) is 12.4 Å². The van der Waals surface area contributed by atoms with Crippen LogP contribution in [0, 0.1) is 0 Å². The van der Waals surface area contributed by atoms with E-state index in [2.05, 4.69) is 5.32 Å². The van der Waals surface area contributed by atoms with Crippen LogP contribution >= 0.6 is 0 Å². The van der Waals surface area contributed by atoms with E-state index in [-0.39, 0.29) is 11.5 Å². The first-order valence-electron chi connectivity index (χ1n) is 4.48. The highest BCUT2D eigenvalue weighted by molar-refractivity contribution is 5.97. The monoisotopic (exact) mass is 209 g/mol. The number of carbonyl (C=O) groups excluding carboxylic acids is 2. The van der Waals surface area contributed by atoms with Crippen LogP contribution in [-0.4, -0.2) is 24.2 Å². The minimum atomic E-state index is -0.135. The summed E-state index contributed by atoms with van der Waals surface area (Å²) in [5, 5.41) is 12.1. The number of phenolic OH excluding ortho intramolecular Hbond substituents is 1. The van der Waals surface area contributed by atoms with E-state index in [1.54, 1.807) is 19.2 Å². The average molecular weight is 209 g/mol. The summed E-state index contributed by atoms with van der Waals surface area (Å²) in [6.45, 7) is 2.87. The molecule has 1 rings (SSSR count). The van der Waals surface area contributed by atoms with Crippen LogP contribution in [0.1, 0.15) is 24.2 Å². The lowest BCUT2D eigenvalue weighted by atomic mass is 10.1. The highest BCUT2D eigenvalue weighted by atomic mass is 16.3. The molecule has 4 heteroatoms. The molecule has 0 fully saturated rings. The van der Waals surface area contributed by atoms with E-state index >= 15 is 0 Å². The van der Waals surface area contributed by atoms with Crippen LogP contribution in [0.2, 0.25) is 0 Å². The number of aromatic hydroxyl groups is 1. The molecule has 0 aliphatic rings. The number of carbonyl (C=O) groups is 2. The van der Waals surface area contributed by atoms with E-state index in [1.807, 2.05) is 0 Å². The fourth-order valence-corrected chi connectivity index (χ4v) is 0.974. The third kappa shape index (κ3) is 4.26. The second kappa shape index (κ2) is 6.59. The lowest BCUT2D eigenvalue weighted by Crippen LogP contribution is -1.95. The lowest BCUT2D eigenvalue weighted by molar-refractivity contribution is -0.106. The number of benzene rings is 1. The van der Waals surface area contributed by atoms with Gasteiger partial charge in [0.15, 0.2) is 5.78 Å². The first kappa shape index (κ1) is 13.2. The van der Waals surface area contributed by atoms with E-state index in [0.717, 1.165) is 12.0 Å². The summed E-state index contributed by atoms with van der Waals surface area (Å²) in [5.41, 5.74) is 1.17. The van der Waals surface area contributed by atoms with Gasteiger partial charge >= 0.3 is 0 Å². The van der Waals surface area contributed by atoms with Gasteiger partial charge in [0, 0.05) is 12.7 Å². The average Bonchev–Trinajstić information content (AvgIpc) is 2.19. The van der Waals surface area contributed by atoms with Crippen molar-refractivity contribution in [2.24, 2.45) is 0 Å². The number of aldehydes is 1. The van der Waals surface area contributed by atoms with Crippen molar-refractivity contribution in [1.29, 1.82) is 0 Å². The Morgan fingerprint density at radius 2 is 2.00 bits per heavy atom. The Kier molecular flexibility index (Phi) is 5.78. The Hall–Kier alpha value is -1.84. The first-order chi connectivity index (χ1) is 7.06. The van der Waals surface area contributed by atoms with Crippen LogP contribution in [0.25, 0.3) is 0 Å². The molecular weight excluding hydrogens is 194 g/mol. The van der Waals surface area contributed by atoms with Crippen molar-refractivity contribution in [3.05, 3.63) is 23.8 Å². The van der Waals surface area contributed by atoms with Crippen LogP contribution in [0.5, 0.6) is 5.75 Å². The van der Waals surface area contributed by atoms with Gasteiger partial charge in [-0.15, -0.1) is 0 Å². The van der Waals surface area contributed by atoms with E-state index in [9.17, 15) is 9.90 Å². The molecular formula is C11H15NO3. The van der Waals surface area contributed by atoms with Gasteiger partial charge in [-0.2, -0.15) is 0 Å². The van der Waals surface area contributed by atoms with Gasteiger partial charge in [-0.3, -0.25) is 4.79 Å². The molecule has 2 N–H and O–H groups in total. The Balaban J connectivity index is 0.000000583. The van der Waals surface area contributed by atoms with Crippen LogP contribution in [0.3, 0.4) is 0 Å². The molecule has 4 nitrogen and oxygen atoms in total. The molecule has 82 valence electrons. The van der Waals surface area contributed by atoms with Crippen LogP contribution in [-0.2, 0) is 4.79 Å². The van der Waals surface area contributed by atoms with E-state index in [1.165, 1.54) is 19.9 Å². The highest BCUT2D eigenvalue weighted by Gasteiger charge is 2.05. The summed E-state index contributed by atoms with van der Waals surface area (Å²) in [6.07, 6.45) is 0.750. The van der Waals surface area contributed by atoms with E-state index < -0.39 is 0 Å². The van der Waals surface area contributed by atoms with Gasteiger partial charge in [0.2, 0.25) is 0 Å². The Morgan fingerprint density at radius 3 is 2.40 bits per heavy atom. The number of nitrogens with one attached hydrogen (secondary N) is 1. The molecule has 1 aromatic carbocycles. The van der Waals surface area contributed by atoms with Crippen LogP contribution in [0.15, 0.2) is 18.2 Å². The maximum absolute atomic E-state index is 10.9. The predicted molar refractivity (Wildman–Crippen MR) is 59.4 cm³/mol. The molecule has 1 aromatic rings. The molecule has 0 aliphatic heterocycles. The third-order valence-electron chi connectivity index (χ3n) is 1.66. The highest BCUT2D eigenvalue weighted by Crippen LogP contribution is 2.21. The molecule has 0 atom stereocenters. The largest absolute Gasteiger partial charge is 0.507 e. The van der Waals surface area contributed by atoms with Gasteiger partial charge in [0.1, 0.15) is 12.0 Å². The molecule has 15 heavy (non-hydrogen) atoms. The zero-order chi connectivity index (χ0) is 11.8. The predicted octanol–water partition coefficient (Wildman–Crippen LogP) is 1.84. The van der Waals surface area contributed by atoms with Gasteiger partial charge in [0.05, 0.1) is 5.56 Å². The van der Waals surface area contributed by atoms with E-state index in [0.29, 0.717) is 5.56 Å². The summed E-state index contributed by atoms with van der Waals surface area (Å²) < 4.78 is 0. The SMILES string of the molecule is CC=O.CNc1ccc(O)c(C(C)=O)c1. The second-order valence-electron chi connectivity index (χ2n) is 2.77. The summed E-state index contributed by atoms with van der Waals surface area (Å²) in [7, 11) is 1.76. The standard InChI is InChI=1S/C9H11NO2.C2H4O/c1-6(11)8-5-7(10-2)3-4-9(8)12;1-2-3/h3-5,10,12H,1-2H3;2H,1H3. The van der Waals surface area contributed by atoms with Crippen molar-refractivity contribution >= 4 is 17.8 Å². The molecule has 0 aliphatic carbocycles. The molecule has 0 radical (unpaired) electrons. The third-order valence-corrected chi connectivity index (χ3v) is 1.66. The van der Waals surface area contributed by atoms with Crippen molar-refractivity contribution in [3.8, 4) is 5.75 Å². The smallest absolute Gasteiger partial charge is 0.163 e. The van der Waals surface area contributed by atoms with Crippen molar-refractivity contribution in [2.45, 2.75) is 13.8 Å². The topological polar surface area (TPSA) is 66.4 Å². The maximum atomic E-state index is 10.9. The molecule has 0 saturated carbocycles. The normalized spacial score (nSPS) is 8.47.